The first-order valence-electron chi connectivity index (χ1n) is 7.83. The predicted octanol–water partition coefficient (Wildman–Crippen LogP) is 3.34. The second kappa shape index (κ2) is 7.06. The second-order valence-corrected chi connectivity index (χ2v) is 5.64. The van der Waals surface area contributed by atoms with Crippen molar-refractivity contribution in [3.05, 3.63) is 34.9 Å². The summed E-state index contributed by atoms with van der Waals surface area (Å²) in [4.78, 5) is 2.48. The third-order valence-corrected chi connectivity index (χ3v) is 4.26. The quantitative estimate of drug-likeness (QED) is 0.844. The van der Waals surface area contributed by atoms with Crippen molar-refractivity contribution in [2.24, 2.45) is 0 Å². The van der Waals surface area contributed by atoms with E-state index in [-0.39, 0.29) is 0 Å². The molecule has 0 aromatic heterocycles. The third kappa shape index (κ3) is 3.80. The summed E-state index contributed by atoms with van der Waals surface area (Å²) in [5.74, 6) is 0. The number of nitrogens with zero attached hydrogens (tertiary/aromatic N) is 1. The molecule has 1 heterocycles. The van der Waals surface area contributed by atoms with Gasteiger partial charge in [0.1, 0.15) is 0 Å². The molecular weight excluding hydrogens is 232 g/mol. The van der Waals surface area contributed by atoms with Crippen LogP contribution in [0.2, 0.25) is 0 Å². The Bertz CT molecular complexity index is 396. The van der Waals surface area contributed by atoms with E-state index in [0.29, 0.717) is 6.04 Å². The van der Waals surface area contributed by atoms with Crippen molar-refractivity contribution in [1.29, 1.82) is 0 Å². The first-order valence-corrected chi connectivity index (χ1v) is 7.83. The molecule has 2 heteroatoms. The van der Waals surface area contributed by atoms with Crippen LogP contribution >= 0.6 is 0 Å². The maximum atomic E-state index is 3.65. The molecule has 1 aromatic rings. The summed E-state index contributed by atoms with van der Waals surface area (Å²) in [7, 11) is 0. The standard InChI is InChI=1S/C17H28N2/c1-4-7-17-11-16-10-14(13-19(5-2)6-3)8-9-15(16)12-18-17/h8-10,17-18H,4-7,11-13H2,1-3H3. The SMILES string of the molecule is CCCC1Cc2cc(CN(CC)CC)ccc2CN1. The number of nitrogens with one attached hydrogen (secondary N) is 1. The molecule has 1 atom stereocenters. The van der Waals surface area contributed by atoms with E-state index in [0.717, 1.165) is 26.2 Å². The minimum atomic E-state index is 0.682. The molecule has 19 heavy (non-hydrogen) atoms. The van der Waals surface area contributed by atoms with E-state index in [4.69, 9.17) is 0 Å². The highest BCUT2D eigenvalue weighted by molar-refractivity contribution is 5.34. The minimum Gasteiger partial charge on any atom is -0.310 e. The van der Waals surface area contributed by atoms with Crippen molar-refractivity contribution in [3.8, 4) is 0 Å². The number of rotatable bonds is 6. The Morgan fingerprint density at radius 2 is 1.95 bits per heavy atom. The Labute approximate surface area is 118 Å². The minimum absolute atomic E-state index is 0.682. The molecule has 0 spiro atoms. The van der Waals surface area contributed by atoms with Crippen LogP contribution < -0.4 is 5.32 Å². The van der Waals surface area contributed by atoms with Gasteiger partial charge < -0.3 is 5.32 Å². The summed E-state index contributed by atoms with van der Waals surface area (Å²) in [6.45, 7) is 11.2. The largest absolute Gasteiger partial charge is 0.310 e. The third-order valence-electron chi connectivity index (χ3n) is 4.26. The number of hydrogen-bond donors (Lipinski definition) is 1. The highest BCUT2D eigenvalue weighted by Gasteiger charge is 2.17. The molecule has 1 unspecified atom stereocenters. The zero-order valence-electron chi connectivity index (χ0n) is 12.7. The fourth-order valence-electron chi connectivity index (χ4n) is 2.99. The Morgan fingerprint density at radius 1 is 1.16 bits per heavy atom. The van der Waals surface area contributed by atoms with Crippen LogP contribution in [0.4, 0.5) is 0 Å². The summed E-state index contributed by atoms with van der Waals surface area (Å²) in [5, 5.41) is 3.65. The molecule has 1 aromatic carbocycles. The highest BCUT2D eigenvalue weighted by Crippen LogP contribution is 2.21. The van der Waals surface area contributed by atoms with E-state index in [2.05, 4.69) is 49.2 Å². The first-order chi connectivity index (χ1) is 9.26. The van der Waals surface area contributed by atoms with Gasteiger partial charge in [0.15, 0.2) is 0 Å². The summed E-state index contributed by atoms with van der Waals surface area (Å²) >= 11 is 0. The van der Waals surface area contributed by atoms with Crippen LogP contribution in [-0.4, -0.2) is 24.0 Å². The molecule has 0 amide bonds. The lowest BCUT2D eigenvalue weighted by Gasteiger charge is -2.27. The molecule has 0 fully saturated rings. The van der Waals surface area contributed by atoms with E-state index >= 15 is 0 Å². The van der Waals surface area contributed by atoms with Gasteiger partial charge >= 0.3 is 0 Å². The van der Waals surface area contributed by atoms with Gasteiger partial charge in [-0.05, 0) is 42.6 Å². The van der Waals surface area contributed by atoms with Crippen molar-refractivity contribution in [1.82, 2.24) is 10.2 Å². The van der Waals surface area contributed by atoms with E-state index in [1.54, 1.807) is 5.56 Å². The molecule has 1 aliphatic heterocycles. The van der Waals surface area contributed by atoms with Crippen molar-refractivity contribution in [2.75, 3.05) is 13.1 Å². The van der Waals surface area contributed by atoms with Crippen LogP contribution in [0.1, 0.15) is 50.3 Å². The van der Waals surface area contributed by atoms with E-state index in [1.807, 2.05) is 0 Å². The van der Waals surface area contributed by atoms with Gasteiger partial charge in [-0.3, -0.25) is 4.90 Å². The lowest BCUT2D eigenvalue weighted by Crippen LogP contribution is -2.35. The van der Waals surface area contributed by atoms with Crippen LogP contribution in [0.5, 0.6) is 0 Å². The maximum Gasteiger partial charge on any atom is 0.0233 e. The maximum absolute atomic E-state index is 3.65. The van der Waals surface area contributed by atoms with E-state index in [9.17, 15) is 0 Å². The molecule has 0 radical (unpaired) electrons. The van der Waals surface area contributed by atoms with Crippen molar-refractivity contribution in [3.63, 3.8) is 0 Å². The number of fused-ring (bicyclic) bond motifs is 1. The molecule has 2 rings (SSSR count). The van der Waals surface area contributed by atoms with E-state index in [1.165, 1.54) is 30.4 Å². The zero-order valence-corrected chi connectivity index (χ0v) is 12.7. The van der Waals surface area contributed by atoms with Crippen LogP contribution in [-0.2, 0) is 19.5 Å². The monoisotopic (exact) mass is 260 g/mol. The number of benzene rings is 1. The highest BCUT2D eigenvalue weighted by atomic mass is 15.1. The van der Waals surface area contributed by atoms with Gasteiger partial charge in [0.05, 0.1) is 0 Å². The first kappa shape index (κ1) is 14.5. The Morgan fingerprint density at radius 3 is 2.63 bits per heavy atom. The molecule has 106 valence electrons. The van der Waals surface area contributed by atoms with Crippen molar-refractivity contribution in [2.45, 2.75) is 59.2 Å². The molecule has 0 aliphatic carbocycles. The zero-order chi connectivity index (χ0) is 13.7. The summed E-state index contributed by atoms with van der Waals surface area (Å²) in [6, 6.07) is 7.75. The van der Waals surface area contributed by atoms with Gasteiger partial charge in [0.25, 0.3) is 0 Å². The van der Waals surface area contributed by atoms with Crippen LogP contribution in [0.3, 0.4) is 0 Å². The average Bonchev–Trinajstić information content (AvgIpc) is 2.44. The lowest BCUT2D eigenvalue weighted by molar-refractivity contribution is 0.295. The predicted molar refractivity (Wildman–Crippen MR) is 82.3 cm³/mol. The van der Waals surface area contributed by atoms with Crippen LogP contribution in [0.15, 0.2) is 18.2 Å². The van der Waals surface area contributed by atoms with Crippen molar-refractivity contribution < 1.29 is 0 Å². The average molecular weight is 260 g/mol. The van der Waals surface area contributed by atoms with Gasteiger partial charge in [-0.2, -0.15) is 0 Å². The molecular formula is C17H28N2. The normalized spacial score (nSPS) is 18.6. The van der Waals surface area contributed by atoms with E-state index < -0.39 is 0 Å². The fraction of sp³-hybridized carbons (Fsp3) is 0.647. The second-order valence-electron chi connectivity index (χ2n) is 5.64. The topological polar surface area (TPSA) is 15.3 Å². The van der Waals surface area contributed by atoms with Gasteiger partial charge in [-0.1, -0.05) is 45.4 Å². The Hall–Kier alpha value is -0.860. The summed E-state index contributed by atoms with van der Waals surface area (Å²) in [6.07, 6.45) is 3.76. The molecule has 2 nitrogen and oxygen atoms in total. The van der Waals surface area contributed by atoms with Gasteiger partial charge in [0, 0.05) is 19.1 Å². The Balaban J connectivity index is 2.07. The fourth-order valence-corrected chi connectivity index (χ4v) is 2.99. The molecule has 1 N–H and O–H groups in total. The van der Waals surface area contributed by atoms with Gasteiger partial charge in [-0.15, -0.1) is 0 Å². The number of hydrogen-bond acceptors (Lipinski definition) is 2. The molecule has 0 saturated heterocycles. The summed E-state index contributed by atoms with van der Waals surface area (Å²) in [5.41, 5.74) is 4.54. The molecule has 0 saturated carbocycles. The smallest absolute Gasteiger partial charge is 0.0233 e. The van der Waals surface area contributed by atoms with Gasteiger partial charge in [0.2, 0.25) is 0 Å². The Kier molecular flexibility index (Phi) is 5.41. The van der Waals surface area contributed by atoms with Gasteiger partial charge in [-0.25, -0.2) is 0 Å². The lowest BCUT2D eigenvalue weighted by atomic mass is 9.92. The van der Waals surface area contributed by atoms with Crippen LogP contribution in [0.25, 0.3) is 0 Å². The molecule has 0 bridgehead atoms. The van der Waals surface area contributed by atoms with Crippen LogP contribution in [0, 0.1) is 0 Å². The molecule has 1 aliphatic rings. The van der Waals surface area contributed by atoms with Crippen molar-refractivity contribution >= 4 is 0 Å². The summed E-state index contributed by atoms with van der Waals surface area (Å²) < 4.78 is 0.